The first kappa shape index (κ1) is 13.5. The lowest BCUT2D eigenvalue weighted by Gasteiger charge is -2.35. The second-order valence-corrected chi connectivity index (χ2v) is 5.83. The Morgan fingerprint density at radius 3 is 2.80 bits per heavy atom. The van der Waals surface area contributed by atoms with Crippen LogP contribution in [0.25, 0.3) is 10.9 Å². The molecule has 0 amide bonds. The fourth-order valence-corrected chi connectivity index (χ4v) is 3.17. The minimum atomic E-state index is -0.186. The minimum absolute atomic E-state index is 0.186. The highest BCUT2D eigenvalue weighted by molar-refractivity contribution is 5.78. The van der Waals surface area contributed by atoms with Crippen molar-refractivity contribution in [2.75, 3.05) is 7.05 Å². The number of aliphatic hydroxyl groups excluding tert-OH is 1. The van der Waals surface area contributed by atoms with Crippen molar-refractivity contribution in [1.82, 2.24) is 9.88 Å². The molecule has 1 N–H and O–H groups in total. The van der Waals surface area contributed by atoms with Crippen molar-refractivity contribution in [3.63, 3.8) is 0 Å². The second-order valence-electron chi connectivity index (χ2n) is 5.83. The van der Waals surface area contributed by atoms with Crippen molar-refractivity contribution in [3.8, 4) is 0 Å². The molecule has 2 unspecified atom stereocenters. The van der Waals surface area contributed by atoms with Gasteiger partial charge in [0.1, 0.15) is 0 Å². The number of hydrogen-bond acceptors (Lipinski definition) is 3. The van der Waals surface area contributed by atoms with Crippen molar-refractivity contribution >= 4 is 10.9 Å². The molecule has 1 heterocycles. The lowest BCUT2D eigenvalue weighted by atomic mass is 9.91. The number of hydrogen-bond donors (Lipinski definition) is 1. The molecule has 1 aromatic carbocycles. The van der Waals surface area contributed by atoms with E-state index in [1.54, 1.807) is 0 Å². The van der Waals surface area contributed by atoms with E-state index in [1.807, 2.05) is 18.2 Å². The van der Waals surface area contributed by atoms with Gasteiger partial charge in [-0.15, -0.1) is 0 Å². The fraction of sp³-hybridized carbons (Fsp3) is 0.471. The number of aliphatic hydroxyl groups is 1. The predicted molar refractivity (Wildman–Crippen MR) is 81.5 cm³/mol. The summed E-state index contributed by atoms with van der Waals surface area (Å²) in [7, 11) is 2.09. The standard InChI is InChI=1S/C17H22N2O/c1-19(16-8-4-5-9-17(16)20)12-14-11-10-13-6-2-3-7-15(13)18-14/h2-3,6-7,10-11,16-17,20H,4-5,8-9,12H2,1H3. The van der Waals surface area contributed by atoms with Gasteiger partial charge in [-0.05, 0) is 32.0 Å². The maximum absolute atomic E-state index is 10.1. The number of likely N-dealkylation sites (N-methyl/N-ethyl adjacent to an activating group) is 1. The third kappa shape index (κ3) is 2.84. The Balaban J connectivity index is 1.74. The van der Waals surface area contributed by atoms with E-state index in [0.29, 0.717) is 0 Å². The Labute approximate surface area is 120 Å². The minimum Gasteiger partial charge on any atom is -0.391 e. The second kappa shape index (κ2) is 5.90. The Kier molecular flexibility index (Phi) is 3.99. The summed E-state index contributed by atoms with van der Waals surface area (Å²) >= 11 is 0. The fourth-order valence-electron chi connectivity index (χ4n) is 3.17. The molecule has 2 atom stereocenters. The van der Waals surface area contributed by atoms with Crippen LogP contribution in [0, 0.1) is 0 Å². The molecular formula is C17H22N2O. The van der Waals surface area contributed by atoms with Crippen LogP contribution >= 0.6 is 0 Å². The van der Waals surface area contributed by atoms with Gasteiger partial charge in [-0.1, -0.05) is 37.1 Å². The molecule has 3 nitrogen and oxygen atoms in total. The third-order valence-electron chi connectivity index (χ3n) is 4.33. The first-order valence-corrected chi connectivity index (χ1v) is 7.47. The molecular weight excluding hydrogens is 248 g/mol. The predicted octanol–water partition coefficient (Wildman–Crippen LogP) is 2.97. The van der Waals surface area contributed by atoms with Gasteiger partial charge in [0.15, 0.2) is 0 Å². The van der Waals surface area contributed by atoms with Crippen LogP contribution in [0.3, 0.4) is 0 Å². The summed E-state index contributed by atoms with van der Waals surface area (Å²) < 4.78 is 0. The molecule has 2 aromatic rings. The van der Waals surface area contributed by atoms with Gasteiger partial charge in [-0.2, -0.15) is 0 Å². The average Bonchev–Trinajstić information content (AvgIpc) is 2.47. The first-order chi connectivity index (χ1) is 9.74. The van der Waals surface area contributed by atoms with Crippen LogP contribution in [0.4, 0.5) is 0 Å². The molecule has 3 rings (SSSR count). The molecule has 0 saturated heterocycles. The highest BCUT2D eigenvalue weighted by Crippen LogP contribution is 2.23. The van der Waals surface area contributed by atoms with Crippen LogP contribution in [0.15, 0.2) is 36.4 Å². The van der Waals surface area contributed by atoms with Crippen LogP contribution in [0.2, 0.25) is 0 Å². The zero-order valence-corrected chi connectivity index (χ0v) is 12.0. The smallest absolute Gasteiger partial charge is 0.0705 e. The molecule has 106 valence electrons. The molecule has 3 heteroatoms. The van der Waals surface area contributed by atoms with E-state index in [0.717, 1.165) is 37.0 Å². The number of nitrogens with zero attached hydrogens (tertiary/aromatic N) is 2. The zero-order valence-electron chi connectivity index (χ0n) is 12.0. The number of pyridine rings is 1. The molecule has 0 radical (unpaired) electrons. The Morgan fingerprint density at radius 2 is 1.95 bits per heavy atom. The van der Waals surface area contributed by atoms with Crippen molar-refractivity contribution in [1.29, 1.82) is 0 Å². The van der Waals surface area contributed by atoms with Gasteiger partial charge in [-0.25, -0.2) is 0 Å². The Hall–Kier alpha value is -1.45. The molecule has 1 aliphatic rings. The summed E-state index contributed by atoms with van der Waals surface area (Å²) in [5.74, 6) is 0. The molecule has 0 aliphatic heterocycles. The Bertz CT molecular complexity index is 584. The van der Waals surface area contributed by atoms with E-state index < -0.39 is 0 Å². The van der Waals surface area contributed by atoms with Crippen LogP contribution in [0.5, 0.6) is 0 Å². The molecule has 1 aromatic heterocycles. The molecule has 20 heavy (non-hydrogen) atoms. The third-order valence-corrected chi connectivity index (χ3v) is 4.33. The number of benzene rings is 1. The first-order valence-electron chi connectivity index (χ1n) is 7.47. The lowest BCUT2D eigenvalue weighted by Crippen LogP contribution is -2.42. The van der Waals surface area contributed by atoms with Crippen molar-refractivity contribution in [3.05, 3.63) is 42.1 Å². The maximum Gasteiger partial charge on any atom is 0.0705 e. The van der Waals surface area contributed by atoms with E-state index in [1.165, 1.54) is 11.8 Å². The Morgan fingerprint density at radius 1 is 1.15 bits per heavy atom. The number of rotatable bonds is 3. The summed E-state index contributed by atoms with van der Waals surface area (Å²) in [5, 5.41) is 11.3. The summed E-state index contributed by atoms with van der Waals surface area (Å²) in [6, 6.07) is 12.7. The molecule has 0 spiro atoms. The SMILES string of the molecule is CN(Cc1ccc2ccccc2n1)C1CCCCC1O. The van der Waals surface area contributed by atoms with E-state index >= 15 is 0 Å². The largest absolute Gasteiger partial charge is 0.391 e. The van der Waals surface area contributed by atoms with Crippen LogP contribution in [-0.2, 0) is 6.54 Å². The molecule has 1 saturated carbocycles. The summed E-state index contributed by atoms with van der Waals surface area (Å²) in [4.78, 5) is 6.96. The normalized spacial score (nSPS) is 23.4. The van der Waals surface area contributed by atoms with Crippen molar-refractivity contribution in [2.24, 2.45) is 0 Å². The van der Waals surface area contributed by atoms with E-state index in [4.69, 9.17) is 4.98 Å². The van der Waals surface area contributed by atoms with Gasteiger partial charge in [0, 0.05) is 18.0 Å². The van der Waals surface area contributed by atoms with Crippen LogP contribution in [0.1, 0.15) is 31.4 Å². The number of fused-ring (bicyclic) bond motifs is 1. The van der Waals surface area contributed by atoms with Crippen LogP contribution in [-0.4, -0.2) is 34.2 Å². The van der Waals surface area contributed by atoms with Crippen molar-refractivity contribution < 1.29 is 5.11 Å². The van der Waals surface area contributed by atoms with Crippen molar-refractivity contribution in [2.45, 2.75) is 44.4 Å². The maximum atomic E-state index is 10.1. The van der Waals surface area contributed by atoms with Gasteiger partial charge in [0.05, 0.1) is 17.3 Å². The number of aromatic nitrogens is 1. The summed E-state index contributed by atoms with van der Waals surface area (Å²) in [6.45, 7) is 0.798. The summed E-state index contributed by atoms with van der Waals surface area (Å²) in [6.07, 6.45) is 4.21. The molecule has 1 fully saturated rings. The summed E-state index contributed by atoms with van der Waals surface area (Å²) in [5.41, 5.74) is 2.12. The number of para-hydroxylation sites is 1. The average molecular weight is 270 g/mol. The van der Waals surface area contributed by atoms with Gasteiger partial charge >= 0.3 is 0 Å². The van der Waals surface area contributed by atoms with Gasteiger partial charge in [0.2, 0.25) is 0 Å². The highest BCUT2D eigenvalue weighted by atomic mass is 16.3. The van der Waals surface area contributed by atoms with Gasteiger partial charge in [0.25, 0.3) is 0 Å². The van der Waals surface area contributed by atoms with E-state index in [-0.39, 0.29) is 12.1 Å². The van der Waals surface area contributed by atoms with Gasteiger partial charge in [-0.3, -0.25) is 9.88 Å². The topological polar surface area (TPSA) is 36.4 Å². The van der Waals surface area contributed by atoms with E-state index in [2.05, 4.69) is 30.1 Å². The molecule has 1 aliphatic carbocycles. The monoisotopic (exact) mass is 270 g/mol. The lowest BCUT2D eigenvalue weighted by molar-refractivity contribution is 0.0284. The van der Waals surface area contributed by atoms with Gasteiger partial charge < -0.3 is 5.11 Å². The quantitative estimate of drug-likeness (QED) is 0.931. The van der Waals surface area contributed by atoms with E-state index in [9.17, 15) is 5.11 Å². The van der Waals surface area contributed by atoms with Crippen LogP contribution < -0.4 is 0 Å². The molecule has 0 bridgehead atoms. The highest BCUT2D eigenvalue weighted by Gasteiger charge is 2.26. The zero-order chi connectivity index (χ0) is 13.9.